The number of rotatable bonds is 7. The summed E-state index contributed by atoms with van der Waals surface area (Å²) in [5.74, 6) is -0.972. The number of hydrogen-bond donors (Lipinski definition) is 3. The number of nitrogens with zero attached hydrogens (tertiary/aromatic N) is 2. The van der Waals surface area contributed by atoms with Gasteiger partial charge in [-0.3, -0.25) is 9.69 Å². The molecule has 0 aromatic heterocycles. The van der Waals surface area contributed by atoms with Crippen LogP contribution in [0.3, 0.4) is 0 Å². The number of benzene rings is 4. The lowest BCUT2D eigenvalue weighted by Gasteiger charge is -2.41. The third kappa shape index (κ3) is 6.25. The summed E-state index contributed by atoms with van der Waals surface area (Å²) in [6.45, 7) is 3.04. The largest absolute Gasteiger partial charge is 0.367 e. The number of amides is 3. The lowest BCUT2D eigenvalue weighted by Crippen LogP contribution is -2.48. The lowest BCUT2D eigenvalue weighted by atomic mass is 9.96. The standard InChI is InChI=1S/C31H30FN5O2/c32-25-12-14-26(15-13-25)34-31(39)35-27-21-24(30(33)38)11-16-28(27)36-17-19-37(20-18-36)29(22-7-3-1-4-8-22)23-9-5-2-6-10-23/h1-16,21,29H,17-20H2,(H2,33,38)(H2,34,35,39). The fraction of sp³-hybridized carbons (Fsp3) is 0.161. The smallest absolute Gasteiger partial charge is 0.323 e. The summed E-state index contributed by atoms with van der Waals surface area (Å²) < 4.78 is 13.2. The Morgan fingerprint density at radius 1 is 0.744 bits per heavy atom. The van der Waals surface area contributed by atoms with Crippen LogP contribution in [0.1, 0.15) is 27.5 Å². The van der Waals surface area contributed by atoms with Gasteiger partial charge in [0.15, 0.2) is 0 Å². The molecule has 1 fully saturated rings. The van der Waals surface area contributed by atoms with Gasteiger partial charge in [-0.15, -0.1) is 0 Å². The quantitative estimate of drug-likeness (QED) is 0.299. The van der Waals surface area contributed by atoms with Gasteiger partial charge in [-0.05, 0) is 53.6 Å². The van der Waals surface area contributed by atoms with Crippen molar-refractivity contribution in [3.05, 3.63) is 126 Å². The van der Waals surface area contributed by atoms with Crippen molar-refractivity contribution >= 4 is 29.0 Å². The van der Waals surface area contributed by atoms with Crippen molar-refractivity contribution in [2.24, 2.45) is 5.73 Å². The first-order valence-corrected chi connectivity index (χ1v) is 12.8. The molecule has 0 radical (unpaired) electrons. The molecular weight excluding hydrogens is 493 g/mol. The van der Waals surface area contributed by atoms with Crippen LogP contribution in [0.25, 0.3) is 0 Å². The Balaban J connectivity index is 1.34. The minimum atomic E-state index is -0.582. The molecular formula is C31H30FN5O2. The van der Waals surface area contributed by atoms with E-state index < -0.39 is 17.8 Å². The van der Waals surface area contributed by atoms with Crippen LogP contribution in [-0.2, 0) is 0 Å². The summed E-state index contributed by atoms with van der Waals surface area (Å²) in [6, 6.07) is 31.2. The summed E-state index contributed by atoms with van der Waals surface area (Å²) >= 11 is 0. The highest BCUT2D eigenvalue weighted by Gasteiger charge is 2.27. The normalized spacial score (nSPS) is 13.7. The van der Waals surface area contributed by atoms with Crippen LogP contribution >= 0.6 is 0 Å². The minimum absolute atomic E-state index is 0.130. The molecule has 198 valence electrons. The van der Waals surface area contributed by atoms with E-state index in [1.165, 1.54) is 35.4 Å². The van der Waals surface area contributed by atoms with Gasteiger partial charge in [-0.2, -0.15) is 0 Å². The van der Waals surface area contributed by atoms with Crippen LogP contribution in [0.5, 0.6) is 0 Å². The summed E-state index contributed by atoms with van der Waals surface area (Å²) in [5.41, 5.74) is 10.0. The molecule has 39 heavy (non-hydrogen) atoms. The molecule has 3 amide bonds. The molecule has 1 aliphatic heterocycles. The zero-order chi connectivity index (χ0) is 27.2. The van der Waals surface area contributed by atoms with Crippen molar-refractivity contribution in [1.29, 1.82) is 0 Å². The predicted octanol–water partition coefficient (Wildman–Crippen LogP) is 5.48. The molecule has 8 heteroatoms. The van der Waals surface area contributed by atoms with E-state index in [9.17, 15) is 14.0 Å². The van der Waals surface area contributed by atoms with Crippen LogP contribution in [0.15, 0.2) is 103 Å². The summed E-state index contributed by atoms with van der Waals surface area (Å²) in [5, 5.41) is 5.54. The first kappa shape index (κ1) is 25.9. The summed E-state index contributed by atoms with van der Waals surface area (Å²) in [4.78, 5) is 29.3. The van der Waals surface area contributed by atoms with Crippen molar-refractivity contribution < 1.29 is 14.0 Å². The molecule has 0 saturated carbocycles. The molecule has 0 spiro atoms. The number of halogens is 1. The number of primary amides is 1. The molecule has 0 atom stereocenters. The number of piperazine rings is 1. The lowest BCUT2D eigenvalue weighted by molar-refractivity contribution is 0.1000. The third-order valence-electron chi connectivity index (χ3n) is 6.88. The van der Waals surface area contributed by atoms with Gasteiger partial charge in [-0.25, -0.2) is 9.18 Å². The van der Waals surface area contributed by atoms with E-state index >= 15 is 0 Å². The maximum Gasteiger partial charge on any atom is 0.323 e. The zero-order valence-electron chi connectivity index (χ0n) is 21.4. The van der Waals surface area contributed by atoms with E-state index in [-0.39, 0.29) is 6.04 Å². The van der Waals surface area contributed by atoms with Gasteiger partial charge in [0.2, 0.25) is 5.91 Å². The Morgan fingerprint density at radius 3 is 1.90 bits per heavy atom. The average molecular weight is 524 g/mol. The maximum absolute atomic E-state index is 13.2. The number of nitrogens with one attached hydrogen (secondary N) is 2. The fourth-order valence-electron chi connectivity index (χ4n) is 4.99. The monoisotopic (exact) mass is 523 g/mol. The molecule has 4 N–H and O–H groups in total. The van der Waals surface area contributed by atoms with E-state index in [0.717, 1.165) is 31.9 Å². The molecule has 1 aliphatic rings. The molecule has 5 rings (SSSR count). The van der Waals surface area contributed by atoms with Gasteiger partial charge in [0, 0.05) is 37.4 Å². The predicted molar refractivity (Wildman–Crippen MR) is 153 cm³/mol. The van der Waals surface area contributed by atoms with Crippen LogP contribution in [0, 0.1) is 5.82 Å². The topological polar surface area (TPSA) is 90.7 Å². The Labute approximate surface area is 227 Å². The highest BCUT2D eigenvalue weighted by Crippen LogP contribution is 2.33. The number of carbonyl (C=O) groups is 2. The van der Waals surface area contributed by atoms with Crippen molar-refractivity contribution in [3.8, 4) is 0 Å². The molecule has 4 aromatic rings. The van der Waals surface area contributed by atoms with Gasteiger partial charge in [0.25, 0.3) is 0 Å². The average Bonchev–Trinajstić information content (AvgIpc) is 2.96. The van der Waals surface area contributed by atoms with Crippen LogP contribution in [0.4, 0.5) is 26.2 Å². The number of hydrogen-bond acceptors (Lipinski definition) is 4. The van der Waals surface area contributed by atoms with E-state index in [1.807, 2.05) is 18.2 Å². The molecule has 1 heterocycles. The van der Waals surface area contributed by atoms with E-state index in [4.69, 9.17) is 5.73 Å². The Kier molecular flexibility index (Phi) is 7.84. The van der Waals surface area contributed by atoms with Gasteiger partial charge in [0.1, 0.15) is 5.82 Å². The second-order valence-electron chi connectivity index (χ2n) is 9.43. The van der Waals surface area contributed by atoms with Crippen LogP contribution < -0.4 is 21.3 Å². The first-order valence-electron chi connectivity index (χ1n) is 12.8. The number of carbonyl (C=O) groups excluding carboxylic acids is 2. The second-order valence-corrected chi connectivity index (χ2v) is 9.43. The van der Waals surface area contributed by atoms with Crippen molar-refractivity contribution in [2.45, 2.75) is 6.04 Å². The van der Waals surface area contributed by atoms with Crippen LogP contribution in [-0.4, -0.2) is 43.0 Å². The Hall–Kier alpha value is -4.69. The first-order chi connectivity index (χ1) is 19.0. The number of urea groups is 1. The summed E-state index contributed by atoms with van der Waals surface area (Å²) in [7, 11) is 0. The van der Waals surface area contributed by atoms with Gasteiger partial charge < -0.3 is 21.3 Å². The van der Waals surface area contributed by atoms with Gasteiger partial charge >= 0.3 is 6.03 Å². The summed E-state index contributed by atoms with van der Waals surface area (Å²) in [6.07, 6.45) is 0. The molecule has 0 aliphatic carbocycles. The van der Waals surface area contributed by atoms with Gasteiger partial charge in [-0.1, -0.05) is 60.7 Å². The van der Waals surface area contributed by atoms with E-state index in [2.05, 4.69) is 69.0 Å². The molecule has 0 bridgehead atoms. The third-order valence-corrected chi connectivity index (χ3v) is 6.88. The van der Waals surface area contributed by atoms with Crippen molar-refractivity contribution in [3.63, 3.8) is 0 Å². The molecule has 7 nitrogen and oxygen atoms in total. The maximum atomic E-state index is 13.2. The van der Waals surface area contributed by atoms with E-state index in [0.29, 0.717) is 16.9 Å². The SMILES string of the molecule is NC(=O)c1ccc(N2CCN(C(c3ccccc3)c3ccccc3)CC2)c(NC(=O)Nc2ccc(F)cc2)c1. The second kappa shape index (κ2) is 11.8. The highest BCUT2D eigenvalue weighted by atomic mass is 19.1. The number of nitrogens with two attached hydrogens (primary N) is 1. The Morgan fingerprint density at radius 2 is 1.33 bits per heavy atom. The molecule has 1 saturated heterocycles. The molecule has 4 aromatic carbocycles. The fourth-order valence-corrected chi connectivity index (χ4v) is 4.99. The highest BCUT2D eigenvalue weighted by molar-refractivity contribution is 6.03. The van der Waals surface area contributed by atoms with Gasteiger partial charge in [0.05, 0.1) is 17.4 Å². The number of anilines is 3. The van der Waals surface area contributed by atoms with Crippen molar-refractivity contribution in [1.82, 2.24) is 4.90 Å². The molecule has 0 unspecified atom stereocenters. The van der Waals surface area contributed by atoms with E-state index in [1.54, 1.807) is 12.1 Å². The Bertz CT molecular complexity index is 1380. The van der Waals surface area contributed by atoms with Crippen molar-refractivity contribution in [2.75, 3.05) is 41.7 Å². The minimum Gasteiger partial charge on any atom is -0.367 e. The van der Waals surface area contributed by atoms with Crippen LogP contribution in [0.2, 0.25) is 0 Å². The zero-order valence-corrected chi connectivity index (χ0v) is 21.4.